The first-order valence-electron chi connectivity index (χ1n) is 8.50. The first kappa shape index (κ1) is 16.3. The highest BCUT2D eigenvalue weighted by molar-refractivity contribution is 5.94. The lowest BCUT2D eigenvalue weighted by Crippen LogP contribution is -2.48. The molecule has 0 saturated carbocycles. The molecule has 5 nitrogen and oxygen atoms in total. The average Bonchev–Trinajstić information content (AvgIpc) is 3.05. The number of amides is 1. The number of likely N-dealkylation sites (tertiary alicyclic amines) is 1. The Labute approximate surface area is 137 Å². The molecule has 1 N–H and O–H groups in total. The summed E-state index contributed by atoms with van der Waals surface area (Å²) in [5, 5.41) is 10.3. The Hall–Kier alpha value is -1.59. The van der Waals surface area contributed by atoms with Gasteiger partial charge in [-0.05, 0) is 50.5 Å². The summed E-state index contributed by atoms with van der Waals surface area (Å²) in [4.78, 5) is 14.8. The van der Waals surface area contributed by atoms with Gasteiger partial charge in [0.25, 0.3) is 5.91 Å². The molecule has 126 valence electrons. The first-order valence-corrected chi connectivity index (χ1v) is 8.50. The SMILES string of the molecule is CCOc1ccc(C(=O)N2CCC[C@@H]2[C@@H]2COCC[C@H]2O)cc1. The van der Waals surface area contributed by atoms with Crippen molar-refractivity contribution in [1.29, 1.82) is 0 Å². The van der Waals surface area contributed by atoms with Crippen LogP contribution in [0.15, 0.2) is 24.3 Å². The fourth-order valence-corrected chi connectivity index (χ4v) is 3.63. The summed E-state index contributed by atoms with van der Waals surface area (Å²) in [6.45, 7) is 4.45. The maximum absolute atomic E-state index is 12.8. The number of nitrogens with zero attached hydrogens (tertiary/aromatic N) is 1. The smallest absolute Gasteiger partial charge is 0.254 e. The summed E-state index contributed by atoms with van der Waals surface area (Å²) >= 11 is 0. The molecule has 1 aromatic rings. The summed E-state index contributed by atoms with van der Waals surface area (Å²) in [7, 11) is 0. The predicted octanol–water partition coefficient (Wildman–Crippen LogP) is 2.09. The minimum absolute atomic E-state index is 0.0258. The van der Waals surface area contributed by atoms with Crippen molar-refractivity contribution in [3.63, 3.8) is 0 Å². The molecule has 0 bridgehead atoms. The Morgan fingerprint density at radius 2 is 2.13 bits per heavy atom. The molecule has 2 aliphatic rings. The van der Waals surface area contributed by atoms with Gasteiger partial charge in [-0.15, -0.1) is 0 Å². The van der Waals surface area contributed by atoms with Crippen molar-refractivity contribution in [3.8, 4) is 5.75 Å². The van der Waals surface area contributed by atoms with Gasteiger partial charge >= 0.3 is 0 Å². The van der Waals surface area contributed by atoms with E-state index in [2.05, 4.69) is 0 Å². The normalized spacial score (nSPS) is 27.9. The number of rotatable bonds is 4. The Morgan fingerprint density at radius 3 is 2.83 bits per heavy atom. The third kappa shape index (κ3) is 3.51. The molecule has 0 unspecified atom stereocenters. The zero-order valence-electron chi connectivity index (χ0n) is 13.6. The van der Waals surface area contributed by atoms with E-state index < -0.39 is 0 Å². The zero-order valence-corrected chi connectivity index (χ0v) is 13.6. The van der Waals surface area contributed by atoms with Crippen molar-refractivity contribution in [2.24, 2.45) is 5.92 Å². The maximum atomic E-state index is 12.8. The van der Waals surface area contributed by atoms with Crippen molar-refractivity contribution < 1.29 is 19.4 Å². The highest BCUT2D eigenvalue weighted by Gasteiger charge is 2.39. The van der Waals surface area contributed by atoms with E-state index in [9.17, 15) is 9.90 Å². The number of aliphatic hydroxyl groups excluding tert-OH is 1. The van der Waals surface area contributed by atoms with Crippen molar-refractivity contribution >= 4 is 5.91 Å². The molecule has 0 aromatic heterocycles. The van der Waals surface area contributed by atoms with Crippen LogP contribution in [0.4, 0.5) is 0 Å². The van der Waals surface area contributed by atoms with Crippen LogP contribution in [0, 0.1) is 5.92 Å². The lowest BCUT2D eigenvalue weighted by molar-refractivity contribution is -0.0589. The van der Waals surface area contributed by atoms with E-state index >= 15 is 0 Å². The molecule has 3 rings (SSSR count). The van der Waals surface area contributed by atoms with E-state index in [0.29, 0.717) is 31.8 Å². The van der Waals surface area contributed by atoms with E-state index in [1.54, 1.807) is 0 Å². The van der Waals surface area contributed by atoms with Gasteiger partial charge in [-0.1, -0.05) is 0 Å². The largest absolute Gasteiger partial charge is 0.494 e. The molecule has 0 aliphatic carbocycles. The van der Waals surface area contributed by atoms with Gasteiger partial charge < -0.3 is 19.5 Å². The highest BCUT2D eigenvalue weighted by Crippen LogP contribution is 2.31. The third-order valence-corrected chi connectivity index (χ3v) is 4.83. The van der Waals surface area contributed by atoms with Crippen LogP contribution in [-0.4, -0.2) is 54.4 Å². The van der Waals surface area contributed by atoms with Gasteiger partial charge in [-0.25, -0.2) is 0 Å². The van der Waals surface area contributed by atoms with Crippen LogP contribution in [0.5, 0.6) is 5.75 Å². The number of hydrogen-bond donors (Lipinski definition) is 1. The van der Waals surface area contributed by atoms with Crippen LogP contribution in [0.2, 0.25) is 0 Å². The summed E-state index contributed by atoms with van der Waals surface area (Å²) in [6, 6.07) is 7.37. The van der Waals surface area contributed by atoms with Gasteiger partial charge in [0.1, 0.15) is 5.75 Å². The maximum Gasteiger partial charge on any atom is 0.254 e. The van der Waals surface area contributed by atoms with E-state index in [1.807, 2.05) is 36.1 Å². The molecular weight excluding hydrogens is 294 g/mol. The van der Waals surface area contributed by atoms with Gasteiger partial charge in [-0.3, -0.25) is 4.79 Å². The second kappa shape index (κ2) is 7.32. The number of carbonyl (C=O) groups is 1. The summed E-state index contributed by atoms with van der Waals surface area (Å²) < 4.78 is 10.9. The Kier molecular flexibility index (Phi) is 5.18. The Balaban J connectivity index is 1.72. The van der Waals surface area contributed by atoms with Crippen LogP contribution in [-0.2, 0) is 4.74 Å². The summed E-state index contributed by atoms with van der Waals surface area (Å²) in [5.41, 5.74) is 0.673. The molecule has 0 radical (unpaired) electrons. The van der Waals surface area contributed by atoms with Gasteiger partial charge in [0.2, 0.25) is 0 Å². The van der Waals surface area contributed by atoms with Gasteiger partial charge in [0.15, 0.2) is 0 Å². The van der Waals surface area contributed by atoms with Crippen molar-refractivity contribution in [2.75, 3.05) is 26.4 Å². The molecule has 2 aliphatic heterocycles. The standard InChI is InChI=1S/C18H25NO4/c1-2-23-14-7-5-13(6-8-14)18(21)19-10-3-4-16(19)15-12-22-11-9-17(15)20/h5-8,15-17,20H,2-4,9-12H2,1H3/t15-,16+,17+/m0/s1. The van der Waals surface area contributed by atoms with Crippen molar-refractivity contribution in [1.82, 2.24) is 4.90 Å². The zero-order chi connectivity index (χ0) is 16.2. The second-order valence-electron chi connectivity index (χ2n) is 6.26. The second-order valence-corrected chi connectivity index (χ2v) is 6.26. The molecule has 0 spiro atoms. The van der Waals surface area contributed by atoms with Crippen LogP contribution >= 0.6 is 0 Å². The van der Waals surface area contributed by atoms with Gasteiger partial charge in [-0.2, -0.15) is 0 Å². The molecular formula is C18H25NO4. The van der Waals surface area contributed by atoms with E-state index in [4.69, 9.17) is 9.47 Å². The van der Waals surface area contributed by atoms with E-state index in [1.165, 1.54) is 0 Å². The predicted molar refractivity (Wildman–Crippen MR) is 86.6 cm³/mol. The van der Waals surface area contributed by atoms with E-state index in [0.717, 1.165) is 25.1 Å². The number of ether oxygens (including phenoxy) is 2. The lowest BCUT2D eigenvalue weighted by Gasteiger charge is -2.37. The van der Waals surface area contributed by atoms with Crippen LogP contribution in [0.1, 0.15) is 36.5 Å². The number of hydrogen-bond acceptors (Lipinski definition) is 4. The molecule has 1 aromatic carbocycles. The Morgan fingerprint density at radius 1 is 1.35 bits per heavy atom. The molecule has 2 heterocycles. The summed E-state index contributed by atoms with van der Waals surface area (Å²) in [5.74, 6) is 0.837. The average molecular weight is 319 g/mol. The summed E-state index contributed by atoms with van der Waals surface area (Å²) in [6.07, 6.45) is 2.21. The minimum Gasteiger partial charge on any atom is -0.494 e. The highest BCUT2D eigenvalue weighted by atomic mass is 16.5. The fourth-order valence-electron chi connectivity index (χ4n) is 3.63. The van der Waals surface area contributed by atoms with Crippen LogP contribution in [0.25, 0.3) is 0 Å². The first-order chi connectivity index (χ1) is 11.2. The molecule has 2 saturated heterocycles. The number of carbonyl (C=O) groups excluding carboxylic acids is 1. The number of aliphatic hydroxyl groups is 1. The van der Waals surface area contributed by atoms with Crippen LogP contribution in [0.3, 0.4) is 0 Å². The monoisotopic (exact) mass is 319 g/mol. The molecule has 5 heteroatoms. The lowest BCUT2D eigenvalue weighted by atomic mass is 9.89. The van der Waals surface area contributed by atoms with Gasteiger partial charge in [0.05, 0.1) is 19.3 Å². The number of benzene rings is 1. The Bertz CT molecular complexity index is 530. The molecule has 1 amide bonds. The minimum atomic E-state index is -0.373. The molecule has 3 atom stereocenters. The van der Waals surface area contributed by atoms with Crippen molar-refractivity contribution in [3.05, 3.63) is 29.8 Å². The molecule has 2 fully saturated rings. The quantitative estimate of drug-likeness (QED) is 0.923. The molecule has 23 heavy (non-hydrogen) atoms. The van der Waals surface area contributed by atoms with E-state index in [-0.39, 0.29) is 24.0 Å². The van der Waals surface area contributed by atoms with Crippen LogP contribution < -0.4 is 4.74 Å². The topological polar surface area (TPSA) is 59.0 Å². The van der Waals surface area contributed by atoms with Crippen molar-refractivity contribution in [2.45, 2.75) is 38.3 Å². The van der Waals surface area contributed by atoms with Gasteiger partial charge in [0, 0.05) is 30.7 Å². The fraction of sp³-hybridized carbons (Fsp3) is 0.611. The third-order valence-electron chi connectivity index (χ3n) is 4.83.